The zero-order chi connectivity index (χ0) is 68.9. The molecule has 0 aliphatic carbocycles. The molecule has 20 aromatic rings. The third-order valence-electron chi connectivity index (χ3n) is 19.7. The summed E-state index contributed by atoms with van der Waals surface area (Å²) in [4.78, 5) is 9.48. The second-order valence-electron chi connectivity index (χ2n) is 25.9. The van der Waals surface area contributed by atoms with Crippen molar-refractivity contribution in [2.24, 2.45) is 0 Å². The summed E-state index contributed by atoms with van der Waals surface area (Å²) >= 11 is 5.56. The normalized spacial score (nSPS) is 11.5. The van der Waals surface area contributed by atoms with Crippen molar-refractivity contribution in [3.63, 3.8) is 0 Å². The molecule has 20 rings (SSSR count). The molecule has 492 valence electrons. The number of anilines is 12. The van der Waals surface area contributed by atoms with E-state index in [1.807, 2.05) is 46.1 Å². The van der Waals surface area contributed by atoms with Crippen molar-refractivity contribution < 1.29 is 4.42 Å². The summed E-state index contributed by atoms with van der Waals surface area (Å²) in [5.74, 6) is 0. The van der Waals surface area contributed by atoms with Crippen LogP contribution in [0.4, 0.5) is 68.2 Å². The van der Waals surface area contributed by atoms with Crippen LogP contribution >= 0.6 is 34.0 Å². The molecule has 0 aliphatic rings. The smallest absolute Gasteiger partial charge is 0.137 e. The molecule has 0 aliphatic heterocycles. The van der Waals surface area contributed by atoms with Gasteiger partial charge < -0.3 is 24.0 Å². The predicted molar refractivity (Wildman–Crippen MR) is 448 cm³/mol. The number of furan rings is 1. The van der Waals surface area contributed by atoms with Gasteiger partial charge in [-0.3, -0.25) is 0 Å². The van der Waals surface area contributed by atoms with E-state index in [2.05, 4.69) is 396 Å². The summed E-state index contributed by atoms with van der Waals surface area (Å²) in [6.07, 6.45) is 0. The molecule has 5 nitrogen and oxygen atoms in total. The lowest BCUT2D eigenvalue weighted by atomic mass is 10.0. The van der Waals surface area contributed by atoms with E-state index in [0.717, 1.165) is 84.5 Å². The average Bonchev–Trinajstić information content (AvgIpc) is 1.58. The van der Waals surface area contributed by atoms with Crippen molar-refractivity contribution >= 4 is 185 Å². The van der Waals surface area contributed by atoms with Gasteiger partial charge in [0.1, 0.15) is 11.2 Å². The topological polar surface area (TPSA) is 26.1 Å². The number of fused-ring (bicyclic) bond motifs is 12. The molecule has 0 saturated carbocycles. The van der Waals surface area contributed by atoms with E-state index >= 15 is 0 Å². The van der Waals surface area contributed by atoms with Crippen molar-refractivity contribution in [2.75, 3.05) is 19.6 Å². The summed E-state index contributed by atoms with van der Waals surface area (Å²) in [5, 5.41) is 9.83. The summed E-state index contributed by atoms with van der Waals surface area (Å²) in [6, 6.07) is 139. The van der Waals surface area contributed by atoms with E-state index < -0.39 is 0 Å². The highest BCUT2D eigenvalue weighted by molar-refractivity contribution is 7.26. The first-order valence-corrected chi connectivity index (χ1v) is 37.5. The van der Waals surface area contributed by atoms with Crippen LogP contribution in [0.15, 0.2) is 393 Å². The summed E-state index contributed by atoms with van der Waals surface area (Å²) in [7, 11) is 0. The largest absolute Gasteiger partial charge is 0.456 e. The number of para-hydroxylation sites is 5. The molecular formula is C96H64N4OS3. The minimum atomic E-state index is 0.876. The van der Waals surface area contributed by atoms with Crippen molar-refractivity contribution in [3.05, 3.63) is 388 Å². The van der Waals surface area contributed by atoms with Crippen molar-refractivity contribution in [3.8, 4) is 22.3 Å². The maximum Gasteiger partial charge on any atom is 0.137 e. The van der Waals surface area contributed by atoms with Gasteiger partial charge in [-0.25, -0.2) is 0 Å². The van der Waals surface area contributed by atoms with Crippen LogP contribution in [0.3, 0.4) is 0 Å². The molecule has 4 aromatic heterocycles. The molecule has 8 heteroatoms. The van der Waals surface area contributed by atoms with Crippen LogP contribution in [0.5, 0.6) is 0 Å². The number of benzene rings is 16. The van der Waals surface area contributed by atoms with Gasteiger partial charge in [0.05, 0.1) is 16.8 Å². The van der Waals surface area contributed by atoms with Crippen molar-refractivity contribution in [1.82, 2.24) is 0 Å². The first kappa shape index (κ1) is 62.2. The fourth-order valence-corrected chi connectivity index (χ4v) is 18.2. The van der Waals surface area contributed by atoms with E-state index in [1.165, 1.54) is 88.5 Å². The number of hydrogen-bond acceptors (Lipinski definition) is 8. The lowest BCUT2D eigenvalue weighted by Crippen LogP contribution is -2.10. The monoisotopic (exact) mass is 1380 g/mol. The second kappa shape index (κ2) is 26.9. The molecule has 16 aromatic carbocycles. The van der Waals surface area contributed by atoms with Crippen LogP contribution in [0.25, 0.3) is 105 Å². The van der Waals surface area contributed by atoms with Crippen molar-refractivity contribution in [1.29, 1.82) is 0 Å². The van der Waals surface area contributed by atoms with Gasteiger partial charge >= 0.3 is 0 Å². The lowest BCUT2D eigenvalue weighted by molar-refractivity contribution is 0.669. The SMILES string of the molecule is c1ccc(-c2ccc(N(c3ccc4c(c3)sc3ccc(N(c5ccccc5)c5ccccc5)cc34)c3cccc4oc5ccccc5c34)cc2)cc1.c1ccc(-c2ccc(N(c3ccc4c(c3)sc3ccc(N(c5ccccc5)c5ccccc5)cc34)c3cccc4sc5ccccc5c34)cc2)cc1. The standard InChI is InChI=1S/C48H32N2OS.C48H32N2S2/c1-4-13-33(14-5-1)34-23-25-37(26-24-34)50(43-20-12-22-45-48(43)41-19-10-11-21-44(41)51-45)39-27-29-40-42-31-38(28-30-46(42)52-47(40)32-39)49(35-15-6-2-7-16-35)36-17-8-3-9-18-36;1-4-13-33(14-5-1)34-23-25-37(26-24-34)50(43-20-12-22-46-48(43)41-19-10-11-21-44(41)51-46)39-27-29-40-42-31-38(28-30-45(42)52-47(40)32-39)49(35-15-6-2-7-16-35)36-17-8-3-9-18-36/h2*1-32H. The van der Waals surface area contributed by atoms with Gasteiger partial charge in [0.15, 0.2) is 0 Å². The minimum absolute atomic E-state index is 0.876. The van der Waals surface area contributed by atoms with Crippen LogP contribution in [-0.2, 0) is 0 Å². The van der Waals surface area contributed by atoms with E-state index in [9.17, 15) is 0 Å². The maximum absolute atomic E-state index is 6.37. The second-order valence-corrected chi connectivity index (χ2v) is 29.2. The molecule has 104 heavy (non-hydrogen) atoms. The van der Waals surface area contributed by atoms with Gasteiger partial charge in [-0.15, -0.1) is 34.0 Å². The molecule has 0 atom stereocenters. The third kappa shape index (κ3) is 11.5. The van der Waals surface area contributed by atoms with E-state index in [1.54, 1.807) is 0 Å². The van der Waals surface area contributed by atoms with E-state index in [4.69, 9.17) is 4.42 Å². The number of hydrogen-bond donors (Lipinski definition) is 0. The van der Waals surface area contributed by atoms with Gasteiger partial charge in [-0.1, -0.05) is 218 Å². The van der Waals surface area contributed by atoms with E-state index in [0.29, 0.717) is 0 Å². The number of nitrogens with zero attached hydrogens (tertiary/aromatic N) is 4. The Kier molecular flexibility index (Phi) is 16.1. The average molecular weight is 1390 g/mol. The Bertz CT molecular complexity index is 6000. The Labute approximate surface area is 614 Å². The maximum atomic E-state index is 6.37. The van der Waals surface area contributed by atoms with Gasteiger partial charge in [0, 0.05) is 123 Å². The summed E-state index contributed by atoms with van der Waals surface area (Å²) in [5.41, 5.74) is 20.1. The molecule has 0 N–H and O–H groups in total. The van der Waals surface area contributed by atoms with Crippen LogP contribution in [0.1, 0.15) is 0 Å². The molecule has 0 unspecified atom stereocenters. The molecule has 4 heterocycles. The molecule has 0 fully saturated rings. The van der Waals surface area contributed by atoms with Gasteiger partial charge in [-0.2, -0.15) is 0 Å². The summed E-state index contributed by atoms with van der Waals surface area (Å²) < 4.78 is 14.0. The Morgan fingerprint density at radius 3 is 0.981 bits per heavy atom. The van der Waals surface area contributed by atoms with Crippen LogP contribution in [0, 0.1) is 0 Å². The van der Waals surface area contributed by atoms with Crippen LogP contribution in [0.2, 0.25) is 0 Å². The van der Waals surface area contributed by atoms with Crippen LogP contribution in [-0.4, -0.2) is 0 Å². The van der Waals surface area contributed by atoms with Gasteiger partial charge in [-0.05, 0) is 192 Å². The Balaban J connectivity index is 0.000000143. The Morgan fingerprint density at radius 2 is 0.500 bits per heavy atom. The molecule has 0 amide bonds. The fraction of sp³-hybridized carbons (Fsp3) is 0. The number of thiophene rings is 3. The molecule has 0 saturated heterocycles. The first-order valence-electron chi connectivity index (χ1n) is 35.0. The zero-order valence-electron chi connectivity index (χ0n) is 56.4. The zero-order valence-corrected chi connectivity index (χ0v) is 58.8. The third-order valence-corrected chi connectivity index (χ3v) is 23.1. The summed E-state index contributed by atoms with van der Waals surface area (Å²) in [6.45, 7) is 0. The minimum Gasteiger partial charge on any atom is -0.456 e. The Morgan fingerprint density at radius 1 is 0.173 bits per heavy atom. The quantitative estimate of drug-likeness (QED) is 0.108. The molecule has 0 spiro atoms. The first-order chi connectivity index (χ1) is 51.6. The fourth-order valence-electron chi connectivity index (χ4n) is 14.9. The highest BCUT2D eigenvalue weighted by atomic mass is 32.1. The number of rotatable bonds is 14. The molecule has 0 bridgehead atoms. The highest BCUT2D eigenvalue weighted by Gasteiger charge is 2.24. The molecule has 0 radical (unpaired) electrons. The van der Waals surface area contributed by atoms with Gasteiger partial charge in [0.25, 0.3) is 0 Å². The van der Waals surface area contributed by atoms with Gasteiger partial charge in [0.2, 0.25) is 0 Å². The lowest BCUT2D eigenvalue weighted by Gasteiger charge is -2.27. The highest BCUT2D eigenvalue weighted by Crippen LogP contribution is 2.50. The van der Waals surface area contributed by atoms with Crippen molar-refractivity contribution in [2.45, 2.75) is 0 Å². The Hall–Kier alpha value is -12.8. The van der Waals surface area contributed by atoms with E-state index in [-0.39, 0.29) is 0 Å². The predicted octanol–water partition coefficient (Wildman–Crippen LogP) is 29.6. The van der Waals surface area contributed by atoms with Crippen LogP contribution < -0.4 is 19.6 Å². The molecular weight excluding hydrogens is 1320 g/mol.